The van der Waals surface area contributed by atoms with Crippen molar-refractivity contribution in [1.29, 1.82) is 0 Å². The summed E-state index contributed by atoms with van der Waals surface area (Å²) in [4.78, 5) is 24.4. The second kappa shape index (κ2) is 9.35. The van der Waals surface area contributed by atoms with Gasteiger partial charge < -0.3 is 9.73 Å². The van der Waals surface area contributed by atoms with Crippen LogP contribution in [0.1, 0.15) is 24.1 Å². The Balaban J connectivity index is 1.40. The second-order valence-corrected chi connectivity index (χ2v) is 7.65. The molecule has 3 aromatic rings. The molecule has 136 valence electrons. The Morgan fingerprint density at radius 2 is 2.23 bits per heavy atom. The van der Waals surface area contributed by atoms with Gasteiger partial charge in [-0.15, -0.1) is 11.8 Å². The van der Waals surface area contributed by atoms with Crippen LogP contribution in [0.25, 0.3) is 0 Å². The van der Waals surface area contributed by atoms with Crippen LogP contribution in [-0.4, -0.2) is 27.5 Å². The largest absolute Gasteiger partial charge is 0.445 e. The molecule has 0 fully saturated rings. The molecule has 3 heterocycles. The number of hydrogen-bond donors (Lipinski definition) is 2. The van der Waals surface area contributed by atoms with Crippen molar-refractivity contribution in [1.82, 2.24) is 20.3 Å². The number of anilines is 1. The van der Waals surface area contributed by atoms with Crippen molar-refractivity contribution in [2.45, 2.75) is 29.7 Å². The monoisotopic (exact) mass is 389 g/mol. The van der Waals surface area contributed by atoms with E-state index in [1.165, 1.54) is 11.3 Å². The van der Waals surface area contributed by atoms with Gasteiger partial charge in [0.1, 0.15) is 5.76 Å². The van der Waals surface area contributed by atoms with Crippen LogP contribution in [0.5, 0.6) is 0 Å². The van der Waals surface area contributed by atoms with Crippen molar-refractivity contribution < 1.29 is 9.21 Å². The molecular weight excluding hydrogens is 370 g/mol. The number of urea groups is 1. The van der Waals surface area contributed by atoms with E-state index in [0.717, 1.165) is 28.4 Å². The minimum absolute atomic E-state index is 0.264. The first-order chi connectivity index (χ1) is 12.7. The van der Waals surface area contributed by atoms with E-state index >= 15 is 0 Å². The summed E-state index contributed by atoms with van der Waals surface area (Å²) in [6.07, 6.45) is 8.58. The summed E-state index contributed by atoms with van der Waals surface area (Å²) in [7, 11) is 0. The molecule has 0 aliphatic rings. The van der Waals surface area contributed by atoms with Crippen LogP contribution >= 0.6 is 23.1 Å². The number of oxazole rings is 1. The predicted octanol–water partition coefficient (Wildman–Crippen LogP) is 3.75. The number of nitrogens with zero attached hydrogens (tertiary/aromatic N) is 3. The predicted molar refractivity (Wildman–Crippen MR) is 103 cm³/mol. The zero-order chi connectivity index (χ0) is 18.2. The molecule has 0 saturated carbocycles. The third-order valence-electron chi connectivity index (χ3n) is 3.41. The molecule has 0 bridgehead atoms. The first-order valence-electron chi connectivity index (χ1n) is 8.19. The number of rotatable bonds is 8. The molecule has 7 nitrogen and oxygen atoms in total. The Bertz CT molecular complexity index is 835. The lowest BCUT2D eigenvalue weighted by Gasteiger charge is -2.05. The number of thioether (sulfide) groups is 1. The minimum atomic E-state index is -0.264. The van der Waals surface area contributed by atoms with E-state index in [4.69, 9.17) is 4.42 Å². The molecular formula is C17H19N5O2S2. The third-order valence-corrected chi connectivity index (χ3v) is 5.51. The lowest BCUT2D eigenvalue weighted by Crippen LogP contribution is -2.30. The summed E-state index contributed by atoms with van der Waals surface area (Å²) in [5, 5.41) is 6.13. The van der Waals surface area contributed by atoms with Crippen molar-refractivity contribution in [3.05, 3.63) is 54.1 Å². The Kier molecular flexibility index (Phi) is 6.62. The van der Waals surface area contributed by atoms with E-state index in [1.807, 2.05) is 19.1 Å². The normalized spacial score (nSPS) is 10.7. The van der Waals surface area contributed by atoms with Gasteiger partial charge in [-0.1, -0.05) is 24.3 Å². The molecule has 0 spiro atoms. The van der Waals surface area contributed by atoms with Gasteiger partial charge in [-0.05, 0) is 18.1 Å². The van der Waals surface area contributed by atoms with Crippen molar-refractivity contribution in [3.8, 4) is 0 Å². The molecule has 0 atom stereocenters. The number of hydrogen-bond acceptors (Lipinski definition) is 7. The van der Waals surface area contributed by atoms with Crippen LogP contribution in [-0.2, 0) is 18.6 Å². The van der Waals surface area contributed by atoms with E-state index in [2.05, 4.69) is 25.6 Å². The number of thiazole rings is 1. The van der Waals surface area contributed by atoms with Crippen molar-refractivity contribution in [3.63, 3.8) is 0 Å². The van der Waals surface area contributed by atoms with Crippen LogP contribution in [0, 0.1) is 0 Å². The molecule has 0 aliphatic heterocycles. The maximum Gasteiger partial charge on any atom is 0.321 e. The van der Waals surface area contributed by atoms with Crippen LogP contribution in [0.4, 0.5) is 9.93 Å². The van der Waals surface area contributed by atoms with Gasteiger partial charge in [-0.3, -0.25) is 10.3 Å². The Morgan fingerprint density at radius 3 is 3.00 bits per heavy atom. The zero-order valence-corrected chi connectivity index (χ0v) is 15.9. The standard InChI is InChI=1S/C17H19N5O2S2/c1-2-13-9-20-14(24-13)11-25-15-10-21-17(26-15)22-16(23)19-7-5-12-4-3-6-18-8-12/h3-4,6,8-10H,2,5,7,11H2,1H3,(H2,19,21,22,23). The van der Waals surface area contributed by atoms with Gasteiger partial charge in [0.2, 0.25) is 5.89 Å². The number of nitrogens with one attached hydrogen (secondary N) is 2. The van der Waals surface area contributed by atoms with Gasteiger partial charge in [-0.2, -0.15) is 0 Å². The molecule has 26 heavy (non-hydrogen) atoms. The number of pyridine rings is 1. The highest BCUT2D eigenvalue weighted by Crippen LogP contribution is 2.30. The highest BCUT2D eigenvalue weighted by Gasteiger charge is 2.09. The van der Waals surface area contributed by atoms with Crippen molar-refractivity contribution >= 4 is 34.3 Å². The van der Waals surface area contributed by atoms with E-state index in [-0.39, 0.29) is 6.03 Å². The van der Waals surface area contributed by atoms with E-state index in [9.17, 15) is 4.79 Å². The highest BCUT2D eigenvalue weighted by molar-refractivity contribution is 8.00. The summed E-state index contributed by atoms with van der Waals surface area (Å²) < 4.78 is 6.57. The average molecular weight is 390 g/mol. The molecule has 3 rings (SSSR count). The van der Waals surface area contributed by atoms with E-state index in [0.29, 0.717) is 23.3 Å². The fourth-order valence-electron chi connectivity index (χ4n) is 2.10. The summed E-state index contributed by atoms with van der Waals surface area (Å²) in [6, 6.07) is 3.60. The summed E-state index contributed by atoms with van der Waals surface area (Å²) >= 11 is 3.00. The average Bonchev–Trinajstić information content (AvgIpc) is 3.30. The molecule has 9 heteroatoms. The van der Waals surface area contributed by atoms with Gasteiger partial charge in [0, 0.05) is 25.4 Å². The van der Waals surface area contributed by atoms with Crippen LogP contribution in [0.2, 0.25) is 0 Å². The lowest BCUT2D eigenvalue weighted by molar-refractivity contribution is 0.252. The van der Waals surface area contributed by atoms with Crippen LogP contribution in [0.3, 0.4) is 0 Å². The maximum atomic E-state index is 11.9. The van der Waals surface area contributed by atoms with Crippen molar-refractivity contribution in [2.75, 3.05) is 11.9 Å². The van der Waals surface area contributed by atoms with Gasteiger partial charge >= 0.3 is 6.03 Å². The third kappa shape index (κ3) is 5.57. The molecule has 3 aromatic heterocycles. The highest BCUT2D eigenvalue weighted by atomic mass is 32.2. The summed E-state index contributed by atoms with van der Waals surface area (Å²) in [5.74, 6) is 2.22. The van der Waals surface area contributed by atoms with Gasteiger partial charge in [0.15, 0.2) is 5.13 Å². The SMILES string of the molecule is CCc1cnc(CSc2cnc(NC(=O)NCCc3cccnc3)s2)o1. The molecule has 0 radical (unpaired) electrons. The van der Waals surface area contributed by atoms with Crippen LogP contribution < -0.4 is 10.6 Å². The maximum absolute atomic E-state index is 11.9. The molecule has 2 N–H and O–H groups in total. The number of aromatic nitrogens is 3. The molecule has 0 unspecified atom stereocenters. The van der Waals surface area contributed by atoms with E-state index in [1.54, 1.807) is 36.5 Å². The first kappa shape index (κ1) is 18.4. The summed E-state index contributed by atoms with van der Waals surface area (Å²) in [5.41, 5.74) is 1.08. The smallest absolute Gasteiger partial charge is 0.321 e. The molecule has 0 aliphatic carbocycles. The molecule has 0 aromatic carbocycles. The zero-order valence-electron chi connectivity index (χ0n) is 14.3. The number of carbonyl (C=O) groups is 1. The topological polar surface area (TPSA) is 92.9 Å². The second-order valence-electron chi connectivity index (χ2n) is 5.34. The minimum Gasteiger partial charge on any atom is -0.445 e. The van der Waals surface area contributed by atoms with Gasteiger partial charge in [0.25, 0.3) is 0 Å². The lowest BCUT2D eigenvalue weighted by atomic mass is 10.2. The quantitative estimate of drug-likeness (QED) is 0.570. The molecule has 2 amide bonds. The van der Waals surface area contributed by atoms with E-state index < -0.39 is 0 Å². The van der Waals surface area contributed by atoms with Crippen LogP contribution in [0.15, 0.2) is 45.5 Å². The number of amides is 2. The fourth-order valence-corrected chi connectivity index (χ4v) is 3.82. The Morgan fingerprint density at radius 1 is 1.31 bits per heavy atom. The Hall–Kier alpha value is -2.39. The summed E-state index contributed by atoms with van der Waals surface area (Å²) in [6.45, 7) is 2.56. The fraction of sp³-hybridized carbons (Fsp3) is 0.294. The number of aryl methyl sites for hydroxylation is 1. The molecule has 0 saturated heterocycles. The number of carbonyl (C=O) groups excluding carboxylic acids is 1. The van der Waals surface area contributed by atoms with Gasteiger partial charge in [-0.25, -0.2) is 14.8 Å². The van der Waals surface area contributed by atoms with Crippen molar-refractivity contribution in [2.24, 2.45) is 0 Å². The first-order valence-corrected chi connectivity index (χ1v) is 9.99. The Labute approximate surface area is 159 Å². The van der Waals surface area contributed by atoms with Gasteiger partial charge in [0.05, 0.1) is 22.4 Å².